The summed E-state index contributed by atoms with van der Waals surface area (Å²) in [6.07, 6.45) is 1.64. The largest absolute Gasteiger partial charge is 0.340 e. The van der Waals surface area contributed by atoms with Crippen LogP contribution in [0.25, 0.3) is 10.9 Å². The standard InChI is InChI=1S/C25H24FN5OS/c1-16-12-17(2)29-25(28-16)33-15-24(32)30-27-13-21-18(3)31(23-11-7-5-9-20(21)23)14-19-8-4-6-10-22(19)26/h4-13H,14-15H2,1-3H3,(H,30,32)/b27-13-. The van der Waals surface area contributed by atoms with Crippen molar-refractivity contribution in [3.8, 4) is 0 Å². The molecule has 33 heavy (non-hydrogen) atoms. The first-order valence-corrected chi connectivity index (χ1v) is 11.5. The summed E-state index contributed by atoms with van der Waals surface area (Å²) in [5.41, 5.74) is 7.73. The number of thioether (sulfide) groups is 1. The highest BCUT2D eigenvalue weighted by Gasteiger charge is 2.14. The predicted octanol–water partition coefficient (Wildman–Crippen LogP) is 4.79. The van der Waals surface area contributed by atoms with E-state index in [9.17, 15) is 9.18 Å². The number of carbonyl (C=O) groups excluding carboxylic acids is 1. The minimum absolute atomic E-state index is 0.161. The van der Waals surface area contributed by atoms with Crippen LogP contribution in [0.2, 0.25) is 0 Å². The van der Waals surface area contributed by atoms with Gasteiger partial charge in [-0.05, 0) is 39.0 Å². The van der Waals surface area contributed by atoms with Gasteiger partial charge in [0.1, 0.15) is 5.82 Å². The van der Waals surface area contributed by atoms with Gasteiger partial charge in [-0.1, -0.05) is 48.2 Å². The fourth-order valence-electron chi connectivity index (χ4n) is 3.71. The van der Waals surface area contributed by atoms with Crippen molar-refractivity contribution in [3.63, 3.8) is 0 Å². The lowest BCUT2D eigenvalue weighted by Gasteiger charge is -2.09. The Bertz CT molecular complexity index is 1330. The van der Waals surface area contributed by atoms with Gasteiger partial charge in [0.25, 0.3) is 5.91 Å². The number of nitrogens with one attached hydrogen (secondary N) is 1. The van der Waals surface area contributed by atoms with Crippen LogP contribution < -0.4 is 5.43 Å². The Kier molecular flexibility index (Phi) is 6.84. The Morgan fingerprint density at radius 3 is 2.55 bits per heavy atom. The summed E-state index contributed by atoms with van der Waals surface area (Å²) < 4.78 is 16.3. The van der Waals surface area contributed by atoms with E-state index in [0.29, 0.717) is 17.3 Å². The molecule has 1 N–H and O–H groups in total. The first-order valence-electron chi connectivity index (χ1n) is 10.5. The fraction of sp³-hybridized carbons (Fsp3) is 0.200. The normalized spacial score (nSPS) is 11.4. The van der Waals surface area contributed by atoms with Crippen LogP contribution in [-0.4, -0.2) is 32.4 Å². The number of benzene rings is 2. The van der Waals surface area contributed by atoms with Gasteiger partial charge in [0.05, 0.1) is 18.5 Å². The number of hydrazone groups is 1. The number of hydrogen-bond acceptors (Lipinski definition) is 5. The third-order valence-electron chi connectivity index (χ3n) is 5.24. The third-order valence-corrected chi connectivity index (χ3v) is 6.09. The van der Waals surface area contributed by atoms with E-state index in [2.05, 4.69) is 25.1 Å². The van der Waals surface area contributed by atoms with Gasteiger partial charge in [0, 0.05) is 39.1 Å². The van der Waals surface area contributed by atoms with Gasteiger partial charge in [-0.2, -0.15) is 5.10 Å². The summed E-state index contributed by atoms with van der Waals surface area (Å²) in [4.78, 5) is 20.9. The molecule has 0 aliphatic rings. The van der Waals surface area contributed by atoms with Gasteiger partial charge in [0.15, 0.2) is 5.16 Å². The number of halogens is 1. The number of amides is 1. The van der Waals surface area contributed by atoms with Gasteiger partial charge in [0.2, 0.25) is 0 Å². The second kappa shape index (κ2) is 9.95. The van der Waals surface area contributed by atoms with E-state index in [0.717, 1.165) is 33.5 Å². The molecule has 8 heteroatoms. The van der Waals surface area contributed by atoms with Gasteiger partial charge < -0.3 is 4.57 Å². The zero-order chi connectivity index (χ0) is 23.4. The number of para-hydroxylation sites is 1. The zero-order valence-corrected chi connectivity index (χ0v) is 19.5. The molecule has 0 unspecified atom stereocenters. The van der Waals surface area contributed by atoms with E-state index < -0.39 is 0 Å². The highest BCUT2D eigenvalue weighted by molar-refractivity contribution is 7.99. The SMILES string of the molecule is Cc1cc(C)nc(SCC(=O)N/N=C\c2c(C)n(Cc3ccccc3F)c3ccccc23)n1. The van der Waals surface area contributed by atoms with Crippen molar-refractivity contribution in [2.75, 3.05) is 5.75 Å². The Morgan fingerprint density at radius 2 is 1.79 bits per heavy atom. The summed E-state index contributed by atoms with van der Waals surface area (Å²) in [6.45, 7) is 6.17. The second-order valence-electron chi connectivity index (χ2n) is 7.71. The predicted molar refractivity (Wildman–Crippen MR) is 130 cm³/mol. The lowest BCUT2D eigenvalue weighted by Crippen LogP contribution is -2.20. The van der Waals surface area contributed by atoms with Crippen LogP contribution in [0.1, 0.15) is 28.2 Å². The molecule has 0 atom stereocenters. The summed E-state index contributed by atoms with van der Waals surface area (Å²) in [5, 5.41) is 5.73. The van der Waals surface area contributed by atoms with Crippen molar-refractivity contribution in [2.45, 2.75) is 32.5 Å². The van der Waals surface area contributed by atoms with Crippen molar-refractivity contribution in [3.05, 3.63) is 88.6 Å². The van der Waals surface area contributed by atoms with Crippen LogP contribution in [0.5, 0.6) is 0 Å². The first-order chi connectivity index (χ1) is 15.9. The van der Waals surface area contributed by atoms with Crippen LogP contribution in [0.4, 0.5) is 4.39 Å². The molecule has 0 saturated heterocycles. The Balaban J connectivity index is 1.49. The molecule has 2 heterocycles. The molecular formula is C25H24FN5OS. The summed E-state index contributed by atoms with van der Waals surface area (Å²) in [7, 11) is 0. The monoisotopic (exact) mass is 461 g/mol. The molecular weight excluding hydrogens is 437 g/mol. The Labute approximate surface area is 196 Å². The van der Waals surface area contributed by atoms with Gasteiger partial charge >= 0.3 is 0 Å². The minimum Gasteiger partial charge on any atom is -0.340 e. The van der Waals surface area contributed by atoms with Crippen LogP contribution in [-0.2, 0) is 11.3 Å². The van der Waals surface area contributed by atoms with Crippen LogP contribution in [0.3, 0.4) is 0 Å². The van der Waals surface area contributed by atoms with Gasteiger partial charge in [-0.3, -0.25) is 4.79 Å². The molecule has 4 rings (SSSR count). The lowest BCUT2D eigenvalue weighted by molar-refractivity contribution is -0.118. The maximum absolute atomic E-state index is 14.2. The van der Waals surface area contributed by atoms with Crippen LogP contribution in [0.15, 0.2) is 64.9 Å². The van der Waals surface area contributed by atoms with E-state index >= 15 is 0 Å². The number of aryl methyl sites for hydroxylation is 2. The molecule has 4 aromatic rings. The summed E-state index contributed by atoms with van der Waals surface area (Å²) in [6, 6.07) is 16.6. The highest BCUT2D eigenvalue weighted by Crippen LogP contribution is 2.26. The molecule has 0 radical (unpaired) electrons. The van der Waals surface area contributed by atoms with E-state index in [-0.39, 0.29) is 17.5 Å². The first kappa shape index (κ1) is 22.7. The van der Waals surface area contributed by atoms with Crippen molar-refractivity contribution in [1.82, 2.24) is 20.0 Å². The quantitative estimate of drug-likeness (QED) is 0.186. The molecule has 0 saturated carbocycles. The third kappa shape index (κ3) is 5.28. The van der Waals surface area contributed by atoms with Crippen LogP contribution in [0, 0.1) is 26.6 Å². The van der Waals surface area contributed by atoms with Crippen molar-refractivity contribution < 1.29 is 9.18 Å². The molecule has 0 bridgehead atoms. The number of rotatable bonds is 7. The van der Waals surface area contributed by atoms with E-state index in [4.69, 9.17) is 0 Å². The molecule has 2 aromatic heterocycles. The van der Waals surface area contributed by atoms with Gasteiger partial charge in [-0.25, -0.2) is 19.8 Å². The number of carbonyl (C=O) groups is 1. The van der Waals surface area contributed by atoms with Gasteiger partial charge in [-0.15, -0.1) is 0 Å². The highest BCUT2D eigenvalue weighted by atomic mass is 32.2. The second-order valence-corrected chi connectivity index (χ2v) is 8.65. The maximum atomic E-state index is 14.2. The lowest BCUT2D eigenvalue weighted by atomic mass is 10.1. The Morgan fingerprint density at radius 1 is 1.09 bits per heavy atom. The number of nitrogens with zero attached hydrogens (tertiary/aromatic N) is 4. The van der Waals surface area contributed by atoms with Crippen molar-refractivity contribution in [1.29, 1.82) is 0 Å². The van der Waals surface area contributed by atoms with E-state index in [1.165, 1.54) is 17.8 Å². The van der Waals surface area contributed by atoms with Crippen molar-refractivity contribution in [2.24, 2.45) is 5.10 Å². The summed E-state index contributed by atoms with van der Waals surface area (Å²) in [5.74, 6) is -0.317. The number of hydrogen-bond donors (Lipinski definition) is 1. The van der Waals surface area contributed by atoms with E-state index in [1.807, 2.05) is 57.2 Å². The topological polar surface area (TPSA) is 72.2 Å². The fourth-order valence-corrected chi connectivity index (χ4v) is 4.45. The Hall–Kier alpha value is -3.52. The van der Waals surface area contributed by atoms with Crippen LogP contribution >= 0.6 is 11.8 Å². The molecule has 0 fully saturated rings. The molecule has 6 nitrogen and oxygen atoms in total. The molecule has 168 valence electrons. The molecule has 0 aliphatic heterocycles. The smallest absolute Gasteiger partial charge is 0.250 e. The number of aromatic nitrogens is 3. The summed E-state index contributed by atoms with van der Waals surface area (Å²) >= 11 is 1.27. The van der Waals surface area contributed by atoms with E-state index in [1.54, 1.807) is 18.3 Å². The zero-order valence-electron chi connectivity index (χ0n) is 18.7. The van der Waals surface area contributed by atoms with Crippen molar-refractivity contribution >= 4 is 34.8 Å². The minimum atomic E-state index is -0.244. The molecule has 0 aliphatic carbocycles. The molecule has 2 aromatic carbocycles. The number of fused-ring (bicyclic) bond motifs is 1. The maximum Gasteiger partial charge on any atom is 0.250 e. The average Bonchev–Trinajstić information content (AvgIpc) is 3.04. The molecule has 0 spiro atoms. The molecule has 1 amide bonds. The average molecular weight is 462 g/mol.